The van der Waals surface area contributed by atoms with Crippen molar-refractivity contribution in [1.29, 1.82) is 0 Å². The van der Waals surface area contributed by atoms with Crippen LogP contribution >= 0.6 is 11.3 Å². The zero-order valence-electron chi connectivity index (χ0n) is 7.19. The summed E-state index contributed by atoms with van der Waals surface area (Å²) in [4.78, 5) is 25.1. The highest BCUT2D eigenvalue weighted by atomic mass is 32.1. The highest BCUT2D eigenvalue weighted by Gasteiger charge is 2.26. The first-order chi connectivity index (χ1) is 6.66. The van der Waals surface area contributed by atoms with Gasteiger partial charge in [0.25, 0.3) is 0 Å². The van der Waals surface area contributed by atoms with Gasteiger partial charge in [0, 0.05) is 11.3 Å². The number of carbonyl (C=O) groups is 2. The number of carboxylic acids is 1. The zero-order valence-corrected chi connectivity index (χ0v) is 8.00. The maximum Gasteiger partial charge on any atom is 0.394 e. The Bertz CT molecular complexity index is 384. The van der Waals surface area contributed by atoms with Gasteiger partial charge in [-0.3, -0.25) is 10.1 Å². The molecule has 6 heteroatoms. The number of rotatable bonds is 2. The molecule has 5 nitrogen and oxygen atoms in total. The van der Waals surface area contributed by atoms with Gasteiger partial charge in [-0.1, -0.05) is 0 Å². The summed E-state index contributed by atoms with van der Waals surface area (Å²) in [6.07, 6.45) is 2.27. The molecule has 1 aromatic rings. The first-order valence-corrected chi connectivity index (χ1v) is 5.04. The Kier molecular flexibility index (Phi) is 2.20. The van der Waals surface area contributed by atoms with Crippen molar-refractivity contribution in [2.45, 2.75) is 18.8 Å². The van der Waals surface area contributed by atoms with E-state index in [-0.39, 0.29) is 0 Å². The van der Waals surface area contributed by atoms with E-state index >= 15 is 0 Å². The fraction of sp³-hybridized carbons (Fsp3) is 0.375. The quantitative estimate of drug-likeness (QED) is 0.718. The molecule has 0 unspecified atom stereocenters. The molecule has 1 fully saturated rings. The highest BCUT2D eigenvalue weighted by molar-refractivity contribution is 7.14. The maximum absolute atomic E-state index is 10.8. The fourth-order valence-corrected chi connectivity index (χ4v) is 1.85. The monoisotopic (exact) mass is 212 g/mol. The van der Waals surface area contributed by atoms with Gasteiger partial charge in [-0.25, -0.2) is 9.78 Å². The Balaban J connectivity index is 2.02. The molecule has 0 aliphatic heterocycles. The smallest absolute Gasteiger partial charge is 0.394 e. The normalized spacial score (nSPS) is 15.1. The number of aliphatic carboxylic acids is 1. The predicted molar refractivity (Wildman–Crippen MR) is 50.4 cm³/mol. The number of thiazole rings is 1. The molecule has 0 spiro atoms. The molecule has 0 aromatic carbocycles. The molecule has 1 aromatic heterocycles. The zero-order chi connectivity index (χ0) is 10.1. The lowest BCUT2D eigenvalue weighted by Crippen LogP contribution is -2.21. The minimum atomic E-state index is -1.49. The molecule has 0 radical (unpaired) electrons. The molecule has 1 amide bonds. The number of hydrogen-bond donors (Lipinski definition) is 2. The number of aromatic nitrogens is 1. The Morgan fingerprint density at radius 1 is 1.57 bits per heavy atom. The minimum Gasteiger partial charge on any atom is -0.474 e. The molecule has 1 aliphatic rings. The summed E-state index contributed by atoms with van der Waals surface area (Å²) in [7, 11) is 0. The van der Waals surface area contributed by atoms with E-state index in [1.165, 1.54) is 11.3 Å². The molecule has 1 saturated carbocycles. The molecule has 74 valence electrons. The standard InChI is InChI=1S/C8H8N2O3S/c11-6(7(12)13)10-8-9-5(3-14-8)4-1-2-4/h3-4H,1-2H2,(H,12,13)(H,9,10,11). The lowest BCUT2D eigenvalue weighted by Gasteiger charge is -1.94. The average Bonchev–Trinajstić information content (AvgIpc) is 2.88. The summed E-state index contributed by atoms with van der Waals surface area (Å²) in [6, 6.07) is 0. The van der Waals surface area contributed by atoms with Gasteiger partial charge < -0.3 is 5.11 Å². The van der Waals surface area contributed by atoms with Crippen LogP contribution in [0.5, 0.6) is 0 Å². The van der Waals surface area contributed by atoms with Crippen LogP contribution in [0.15, 0.2) is 5.38 Å². The van der Waals surface area contributed by atoms with Gasteiger partial charge in [-0.15, -0.1) is 11.3 Å². The molecule has 0 bridgehead atoms. The summed E-state index contributed by atoms with van der Waals surface area (Å²) in [6.45, 7) is 0. The van der Waals surface area contributed by atoms with Gasteiger partial charge >= 0.3 is 11.9 Å². The number of carboxylic acid groups (broad SMARTS) is 1. The molecule has 2 N–H and O–H groups in total. The van der Waals surface area contributed by atoms with E-state index in [1.54, 1.807) is 0 Å². The minimum absolute atomic E-state index is 0.360. The Morgan fingerprint density at radius 2 is 2.29 bits per heavy atom. The van der Waals surface area contributed by atoms with Crippen LogP contribution in [0, 0.1) is 0 Å². The predicted octanol–water partition coefficient (Wildman–Crippen LogP) is 1.04. The first-order valence-electron chi connectivity index (χ1n) is 4.16. The van der Waals surface area contributed by atoms with Gasteiger partial charge in [0.2, 0.25) is 0 Å². The molecular weight excluding hydrogens is 204 g/mol. The van der Waals surface area contributed by atoms with Crippen LogP contribution in [0.3, 0.4) is 0 Å². The van der Waals surface area contributed by atoms with E-state index in [2.05, 4.69) is 10.3 Å². The summed E-state index contributed by atoms with van der Waals surface area (Å²) >= 11 is 1.26. The molecule has 2 rings (SSSR count). The van der Waals surface area contributed by atoms with Crippen LogP contribution in [0.2, 0.25) is 0 Å². The summed E-state index contributed by atoms with van der Waals surface area (Å²) in [5.41, 5.74) is 0.954. The first kappa shape index (κ1) is 9.14. The molecule has 1 heterocycles. The van der Waals surface area contributed by atoms with Crippen molar-refractivity contribution >= 4 is 28.3 Å². The number of amides is 1. The number of carbonyl (C=O) groups excluding carboxylic acids is 1. The Hall–Kier alpha value is -1.43. The lowest BCUT2D eigenvalue weighted by atomic mass is 10.3. The lowest BCUT2D eigenvalue weighted by molar-refractivity contribution is -0.147. The fourth-order valence-electron chi connectivity index (χ4n) is 1.06. The largest absolute Gasteiger partial charge is 0.474 e. The van der Waals surface area contributed by atoms with Crippen molar-refractivity contribution < 1.29 is 14.7 Å². The van der Waals surface area contributed by atoms with Gasteiger partial charge in [0.05, 0.1) is 5.69 Å². The second kappa shape index (κ2) is 3.38. The van der Waals surface area contributed by atoms with Gasteiger partial charge in [0.15, 0.2) is 5.13 Å². The maximum atomic E-state index is 10.8. The van der Waals surface area contributed by atoms with Crippen LogP contribution < -0.4 is 5.32 Å². The van der Waals surface area contributed by atoms with Crippen LogP contribution in [0.4, 0.5) is 5.13 Å². The van der Waals surface area contributed by atoms with E-state index in [0.29, 0.717) is 11.0 Å². The third-order valence-corrected chi connectivity index (χ3v) is 2.71. The van der Waals surface area contributed by atoms with Crippen molar-refractivity contribution in [2.24, 2.45) is 0 Å². The third-order valence-electron chi connectivity index (χ3n) is 1.93. The van der Waals surface area contributed by atoms with E-state index in [1.807, 2.05) is 5.38 Å². The number of nitrogens with zero attached hydrogens (tertiary/aromatic N) is 1. The van der Waals surface area contributed by atoms with E-state index in [4.69, 9.17) is 5.11 Å². The highest BCUT2D eigenvalue weighted by Crippen LogP contribution is 2.40. The summed E-state index contributed by atoms with van der Waals surface area (Å²) < 4.78 is 0. The number of anilines is 1. The molecule has 0 atom stereocenters. The van der Waals surface area contributed by atoms with E-state index in [9.17, 15) is 9.59 Å². The van der Waals surface area contributed by atoms with Crippen molar-refractivity contribution in [1.82, 2.24) is 4.98 Å². The van der Waals surface area contributed by atoms with Crippen molar-refractivity contribution in [2.75, 3.05) is 5.32 Å². The number of nitrogens with one attached hydrogen (secondary N) is 1. The average molecular weight is 212 g/mol. The van der Waals surface area contributed by atoms with Gasteiger partial charge in [-0.2, -0.15) is 0 Å². The van der Waals surface area contributed by atoms with Crippen molar-refractivity contribution in [3.63, 3.8) is 0 Å². The van der Waals surface area contributed by atoms with Crippen LogP contribution in [0.1, 0.15) is 24.5 Å². The summed E-state index contributed by atoms with van der Waals surface area (Å²) in [5.74, 6) is -2.02. The van der Waals surface area contributed by atoms with Crippen LogP contribution in [0.25, 0.3) is 0 Å². The van der Waals surface area contributed by atoms with Gasteiger partial charge in [0.1, 0.15) is 0 Å². The third kappa shape index (κ3) is 1.90. The molecule has 1 aliphatic carbocycles. The van der Waals surface area contributed by atoms with E-state index in [0.717, 1.165) is 18.5 Å². The SMILES string of the molecule is O=C(O)C(=O)Nc1nc(C2CC2)cs1. The Labute approximate surface area is 83.8 Å². The topological polar surface area (TPSA) is 79.3 Å². The molecular formula is C8H8N2O3S. The van der Waals surface area contributed by atoms with Crippen molar-refractivity contribution in [3.8, 4) is 0 Å². The Morgan fingerprint density at radius 3 is 2.86 bits per heavy atom. The molecule has 14 heavy (non-hydrogen) atoms. The van der Waals surface area contributed by atoms with Gasteiger partial charge in [-0.05, 0) is 12.8 Å². The molecule has 0 saturated heterocycles. The second-order valence-corrected chi connectivity index (χ2v) is 3.97. The van der Waals surface area contributed by atoms with Crippen LogP contribution in [-0.4, -0.2) is 22.0 Å². The summed E-state index contributed by atoms with van der Waals surface area (Å²) in [5, 5.41) is 12.8. The van der Waals surface area contributed by atoms with Crippen molar-refractivity contribution in [3.05, 3.63) is 11.1 Å². The van der Waals surface area contributed by atoms with E-state index < -0.39 is 11.9 Å². The van der Waals surface area contributed by atoms with Crippen LogP contribution in [-0.2, 0) is 9.59 Å². The second-order valence-electron chi connectivity index (χ2n) is 3.11. The number of hydrogen-bond acceptors (Lipinski definition) is 4.